The molecule has 1 spiro atoms. The molecule has 2 aromatic rings. The summed E-state index contributed by atoms with van der Waals surface area (Å²) in [4.78, 5) is 13.2. The first-order valence-corrected chi connectivity index (χ1v) is 18.7. The molecule has 40 heavy (non-hydrogen) atoms. The minimum absolute atomic E-state index is 0.0326. The Kier molecular flexibility index (Phi) is 7.50. The predicted molar refractivity (Wildman–Crippen MR) is 159 cm³/mol. The number of carbonyl (C=O) groups is 1. The lowest BCUT2D eigenvalue weighted by molar-refractivity contribution is -0.123. The summed E-state index contributed by atoms with van der Waals surface area (Å²) in [6.45, 7) is 11.3. The number of ether oxygens (including phenoxy) is 2. The lowest BCUT2D eigenvalue weighted by atomic mass is 9.65. The molecule has 5 rings (SSSR count). The Morgan fingerprint density at radius 3 is 2.25 bits per heavy atom. The highest BCUT2D eigenvalue weighted by molar-refractivity contribution is 7.92. The maximum absolute atomic E-state index is 13.4. The molecule has 0 bridgehead atoms. The number of amides is 1. The number of rotatable bonds is 8. The Hall–Kier alpha value is -2.56. The molecule has 8 nitrogen and oxygen atoms in total. The number of carbonyl (C=O) groups excluding carboxylic acids is 1. The molecule has 2 aliphatic carbocycles. The van der Waals surface area contributed by atoms with Crippen LogP contribution in [-0.2, 0) is 24.7 Å². The highest BCUT2D eigenvalue weighted by Crippen LogP contribution is 2.55. The second kappa shape index (κ2) is 10.4. The summed E-state index contributed by atoms with van der Waals surface area (Å²) in [7, 11) is -4.36. The van der Waals surface area contributed by atoms with Crippen molar-refractivity contribution in [2.75, 3.05) is 17.1 Å². The van der Waals surface area contributed by atoms with Crippen LogP contribution in [-0.4, -0.2) is 42.0 Å². The first-order chi connectivity index (χ1) is 18.8. The molecule has 2 saturated carbocycles. The van der Waals surface area contributed by atoms with Crippen LogP contribution in [0.3, 0.4) is 0 Å². The van der Waals surface area contributed by atoms with Crippen LogP contribution in [0.4, 0.5) is 11.4 Å². The minimum Gasteiger partial charge on any atom is -0.495 e. The third-order valence-electron chi connectivity index (χ3n) is 9.29. The van der Waals surface area contributed by atoms with Crippen molar-refractivity contribution in [1.29, 1.82) is 0 Å². The Balaban J connectivity index is 1.39. The maximum Gasteiger partial charge on any atom is 0.265 e. The van der Waals surface area contributed by atoms with Crippen LogP contribution in [0, 0.1) is 0 Å². The molecule has 0 unspecified atom stereocenters. The lowest BCUT2D eigenvalue weighted by Crippen LogP contribution is -2.45. The normalized spacial score (nSPS) is 22.3. The van der Waals surface area contributed by atoms with Gasteiger partial charge < -0.3 is 19.2 Å². The fourth-order valence-electron chi connectivity index (χ4n) is 5.75. The van der Waals surface area contributed by atoms with Gasteiger partial charge >= 0.3 is 0 Å². The molecule has 0 atom stereocenters. The van der Waals surface area contributed by atoms with E-state index < -0.39 is 23.8 Å². The summed E-state index contributed by atoms with van der Waals surface area (Å²) in [6, 6.07) is 9.99. The first-order valence-electron chi connectivity index (χ1n) is 14.3. The largest absolute Gasteiger partial charge is 0.495 e. The topological polar surface area (TPSA) is 103 Å². The van der Waals surface area contributed by atoms with Gasteiger partial charge in [-0.3, -0.25) is 9.52 Å². The van der Waals surface area contributed by atoms with Crippen molar-refractivity contribution < 1.29 is 27.1 Å². The third-order valence-corrected chi connectivity index (χ3v) is 15.2. The zero-order valence-corrected chi connectivity index (χ0v) is 26.2. The smallest absolute Gasteiger partial charge is 0.265 e. The summed E-state index contributed by atoms with van der Waals surface area (Å²) in [5, 5.41) is 3.23. The highest BCUT2D eigenvalue weighted by Gasteiger charge is 2.52. The summed E-state index contributed by atoms with van der Waals surface area (Å²) in [5.74, 6) is 0.743. The van der Waals surface area contributed by atoms with E-state index in [0.29, 0.717) is 17.1 Å². The number of benzene rings is 2. The Labute approximate surface area is 239 Å². The van der Waals surface area contributed by atoms with E-state index in [2.05, 4.69) is 43.9 Å². The van der Waals surface area contributed by atoms with Crippen molar-refractivity contribution in [1.82, 2.24) is 0 Å². The van der Waals surface area contributed by atoms with Gasteiger partial charge in [0, 0.05) is 12.2 Å². The minimum atomic E-state index is -3.95. The van der Waals surface area contributed by atoms with Crippen molar-refractivity contribution in [3.05, 3.63) is 42.0 Å². The van der Waals surface area contributed by atoms with Gasteiger partial charge in [0.1, 0.15) is 16.4 Å². The van der Waals surface area contributed by atoms with Crippen LogP contribution in [0.2, 0.25) is 18.1 Å². The van der Waals surface area contributed by atoms with E-state index in [9.17, 15) is 13.2 Å². The van der Waals surface area contributed by atoms with E-state index in [0.717, 1.165) is 50.5 Å². The van der Waals surface area contributed by atoms with E-state index in [1.807, 2.05) is 0 Å². The van der Waals surface area contributed by atoms with E-state index in [4.69, 9.17) is 13.9 Å². The average Bonchev–Trinajstić information content (AvgIpc) is 3.16. The quantitative estimate of drug-likeness (QED) is 0.339. The van der Waals surface area contributed by atoms with Gasteiger partial charge in [0.2, 0.25) is 5.91 Å². The number of sulfonamides is 1. The second-order valence-electron chi connectivity index (χ2n) is 12.9. The molecule has 10 heteroatoms. The van der Waals surface area contributed by atoms with Crippen LogP contribution < -0.4 is 19.5 Å². The van der Waals surface area contributed by atoms with E-state index in [1.54, 1.807) is 30.3 Å². The van der Waals surface area contributed by atoms with Crippen LogP contribution >= 0.6 is 0 Å². The van der Waals surface area contributed by atoms with Gasteiger partial charge in [0.05, 0.1) is 30.0 Å². The van der Waals surface area contributed by atoms with Crippen molar-refractivity contribution in [2.24, 2.45) is 0 Å². The molecule has 0 aromatic heterocycles. The number of nitrogens with one attached hydrogen (secondary N) is 2. The average molecular weight is 587 g/mol. The van der Waals surface area contributed by atoms with Gasteiger partial charge in [-0.2, -0.15) is 0 Å². The molecule has 0 radical (unpaired) electrons. The molecule has 1 heterocycles. The van der Waals surface area contributed by atoms with E-state index >= 15 is 0 Å². The molecule has 1 amide bonds. The summed E-state index contributed by atoms with van der Waals surface area (Å²) >= 11 is 0. The number of hydrogen-bond donors (Lipinski definition) is 2. The summed E-state index contributed by atoms with van der Waals surface area (Å²) in [6.07, 6.45) is 6.12. The van der Waals surface area contributed by atoms with Gasteiger partial charge in [0.15, 0.2) is 8.32 Å². The van der Waals surface area contributed by atoms with Gasteiger partial charge in [-0.05, 0) is 80.4 Å². The Morgan fingerprint density at radius 1 is 1.00 bits per heavy atom. The number of anilines is 2. The van der Waals surface area contributed by atoms with Crippen LogP contribution in [0.25, 0.3) is 0 Å². The molecule has 0 saturated heterocycles. The Morgan fingerprint density at radius 2 is 1.65 bits per heavy atom. The molecule has 1 aliphatic heterocycles. The van der Waals surface area contributed by atoms with Gasteiger partial charge in [-0.25, -0.2) is 8.42 Å². The zero-order chi connectivity index (χ0) is 28.9. The van der Waals surface area contributed by atoms with Gasteiger partial charge in [-0.15, -0.1) is 0 Å². The highest BCUT2D eigenvalue weighted by atomic mass is 32.2. The van der Waals surface area contributed by atoms with Crippen LogP contribution in [0.1, 0.15) is 71.3 Å². The predicted octanol–water partition coefficient (Wildman–Crippen LogP) is 6.58. The third kappa shape index (κ3) is 5.25. The molecular formula is C30H42N2O6SSi. The number of para-hydroxylation sites is 1. The number of hydrogen-bond acceptors (Lipinski definition) is 6. The van der Waals surface area contributed by atoms with Crippen LogP contribution in [0.5, 0.6) is 11.5 Å². The SMILES string of the molecule is COc1ccccc1S(=O)(=O)Nc1cc(OC2CCC(O[Si](C)(C)C(C)(C)C)CC2)c2c(c1)C1(CCC1)C(=O)N2. The Bertz CT molecular complexity index is 1390. The van der Waals surface area contributed by atoms with Gasteiger partial charge in [-0.1, -0.05) is 39.3 Å². The monoisotopic (exact) mass is 586 g/mol. The second-order valence-corrected chi connectivity index (χ2v) is 19.3. The molecule has 3 aliphatic rings. The molecule has 218 valence electrons. The number of fused-ring (bicyclic) bond motifs is 2. The lowest BCUT2D eigenvalue weighted by Gasteiger charge is -2.41. The van der Waals surface area contributed by atoms with E-state index in [1.165, 1.54) is 13.2 Å². The van der Waals surface area contributed by atoms with E-state index in [-0.39, 0.29) is 33.8 Å². The first kappa shape index (κ1) is 28.9. The maximum atomic E-state index is 13.4. The van der Waals surface area contributed by atoms with Crippen molar-refractivity contribution >= 4 is 35.6 Å². The summed E-state index contributed by atoms with van der Waals surface area (Å²) in [5.41, 5.74) is 1.24. The zero-order valence-electron chi connectivity index (χ0n) is 24.4. The summed E-state index contributed by atoms with van der Waals surface area (Å²) < 4.78 is 48.0. The van der Waals surface area contributed by atoms with Crippen LogP contribution in [0.15, 0.2) is 41.3 Å². The fourth-order valence-corrected chi connectivity index (χ4v) is 8.38. The molecule has 2 N–H and O–H groups in total. The molecular weight excluding hydrogens is 544 g/mol. The van der Waals surface area contributed by atoms with Gasteiger partial charge in [0.25, 0.3) is 10.0 Å². The van der Waals surface area contributed by atoms with Crippen molar-refractivity contribution in [2.45, 2.75) is 106 Å². The number of methoxy groups -OCH3 is 1. The molecule has 2 fully saturated rings. The standard InChI is InChI=1S/C30H42N2O6SSi/c1-29(2,3)40(5,6)38-22-14-12-21(13-15-22)37-25-19-20(18-23-27(25)31-28(33)30(23)16-9-17-30)32-39(34,35)26-11-8-7-10-24(26)36-4/h7-8,10-11,18-19,21-22,32H,9,12-17H2,1-6H3,(H,31,33). The fraction of sp³-hybridized carbons (Fsp3) is 0.567. The van der Waals surface area contributed by atoms with Crippen molar-refractivity contribution in [3.63, 3.8) is 0 Å². The van der Waals surface area contributed by atoms with Crippen molar-refractivity contribution in [3.8, 4) is 11.5 Å². The molecule has 2 aromatic carbocycles.